The van der Waals surface area contributed by atoms with E-state index in [9.17, 15) is 0 Å². The Labute approximate surface area is 112 Å². The zero-order valence-electron chi connectivity index (χ0n) is 12.0. The van der Waals surface area contributed by atoms with Gasteiger partial charge in [-0.1, -0.05) is 84.8 Å². The van der Waals surface area contributed by atoms with Gasteiger partial charge in [-0.3, -0.25) is 0 Å². The molecule has 0 fully saturated rings. The molecular formula is C17H24Si. The molecule has 1 aliphatic carbocycles. The fourth-order valence-electron chi connectivity index (χ4n) is 3.53. The van der Waals surface area contributed by atoms with Crippen LogP contribution in [0.3, 0.4) is 0 Å². The third-order valence-corrected chi connectivity index (χ3v) is 10.4. The lowest BCUT2D eigenvalue weighted by Crippen LogP contribution is -2.50. The summed E-state index contributed by atoms with van der Waals surface area (Å²) in [5.41, 5.74) is 3.73. The maximum atomic E-state index is 2.52. The van der Waals surface area contributed by atoms with Crippen LogP contribution in [0.25, 0.3) is 0 Å². The van der Waals surface area contributed by atoms with E-state index in [4.69, 9.17) is 0 Å². The van der Waals surface area contributed by atoms with Crippen molar-refractivity contribution < 1.29 is 0 Å². The van der Waals surface area contributed by atoms with Crippen molar-refractivity contribution in [2.75, 3.05) is 0 Å². The minimum atomic E-state index is -1.44. The second-order valence-corrected chi connectivity index (χ2v) is 10.4. The van der Waals surface area contributed by atoms with E-state index in [0.29, 0.717) is 5.54 Å². The van der Waals surface area contributed by atoms with Crippen LogP contribution in [0, 0.1) is 0 Å². The molecule has 0 heterocycles. The van der Waals surface area contributed by atoms with Crippen molar-refractivity contribution in [2.45, 2.75) is 45.3 Å². The highest BCUT2D eigenvalue weighted by atomic mass is 28.3. The summed E-state index contributed by atoms with van der Waals surface area (Å²) in [6, 6.07) is 13.9. The zero-order valence-corrected chi connectivity index (χ0v) is 13.0. The van der Waals surface area contributed by atoms with Crippen LogP contribution in [-0.4, -0.2) is 8.07 Å². The molecule has 18 heavy (non-hydrogen) atoms. The average molecular weight is 256 g/mol. The zero-order chi connectivity index (χ0) is 13.2. The molecule has 1 unspecified atom stereocenters. The van der Waals surface area contributed by atoms with Gasteiger partial charge < -0.3 is 0 Å². The van der Waals surface area contributed by atoms with Crippen molar-refractivity contribution >= 4 is 13.3 Å². The highest BCUT2D eigenvalue weighted by Gasteiger charge is 2.40. The van der Waals surface area contributed by atoms with Crippen LogP contribution >= 0.6 is 0 Å². The normalized spacial score (nSPS) is 19.7. The molecule has 0 nitrogen and oxygen atoms in total. The Morgan fingerprint density at radius 2 is 1.61 bits per heavy atom. The van der Waals surface area contributed by atoms with Gasteiger partial charge in [0.25, 0.3) is 0 Å². The lowest BCUT2D eigenvalue weighted by Gasteiger charge is -2.36. The Morgan fingerprint density at radius 1 is 1.00 bits per heavy atom. The van der Waals surface area contributed by atoms with Crippen LogP contribution in [0.15, 0.2) is 53.6 Å². The third-order valence-electron chi connectivity index (χ3n) is 4.58. The molecule has 1 heteroatoms. The lowest BCUT2D eigenvalue weighted by molar-refractivity contribution is 1.10. The van der Waals surface area contributed by atoms with Crippen molar-refractivity contribution in [3.8, 4) is 0 Å². The molecule has 0 radical (unpaired) electrons. The fraction of sp³-hybridized carbons (Fsp3) is 0.412. The van der Waals surface area contributed by atoms with E-state index in [1.165, 1.54) is 17.7 Å². The van der Waals surface area contributed by atoms with E-state index in [1.54, 1.807) is 10.8 Å². The third kappa shape index (κ3) is 2.12. The van der Waals surface area contributed by atoms with Gasteiger partial charge in [0.05, 0.1) is 8.07 Å². The predicted molar refractivity (Wildman–Crippen MR) is 84.1 cm³/mol. The summed E-state index contributed by atoms with van der Waals surface area (Å²) in [7, 11) is -1.44. The topological polar surface area (TPSA) is 0 Å². The van der Waals surface area contributed by atoms with Crippen molar-refractivity contribution in [3.05, 3.63) is 53.6 Å². The van der Waals surface area contributed by atoms with Gasteiger partial charge in [0, 0.05) is 0 Å². The smallest absolute Gasteiger partial charge is 0.0768 e. The maximum absolute atomic E-state index is 2.52. The highest BCUT2D eigenvalue weighted by molar-refractivity contribution is 6.93. The molecule has 0 saturated carbocycles. The second-order valence-electron chi connectivity index (χ2n) is 5.51. The van der Waals surface area contributed by atoms with Gasteiger partial charge in [0.1, 0.15) is 0 Å². The molecule has 0 spiro atoms. The standard InChI is InChI=1S/C17H24Si/c1-5-18(6-2,16-10-8-7-9-11-16)17-13-14(3)12-15(17)4/h7-13,17H,5-6H2,1-4H3. The molecule has 0 aromatic heterocycles. The molecule has 1 aromatic carbocycles. The largest absolute Gasteiger partial charge is 0.0969 e. The first-order valence-electron chi connectivity index (χ1n) is 7.06. The Balaban J connectivity index is 2.49. The molecule has 0 aliphatic heterocycles. The van der Waals surface area contributed by atoms with Crippen LogP contribution in [0.4, 0.5) is 0 Å². The molecule has 1 aromatic rings. The minimum Gasteiger partial charge on any atom is -0.0768 e. The van der Waals surface area contributed by atoms with E-state index in [0.717, 1.165) is 0 Å². The van der Waals surface area contributed by atoms with Crippen molar-refractivity contribution in [2.24, 2.45) is 0 Å². The van der Waals surface area contributed by atoms with Gasteiger partial charge in [-0.15, -0.1) is 0 Å². The Kier molecular flexibility index (Phi) is 3.91. The predicted octanol–water partition coefficient (Wildman–Crippen LogP) is 4.66. The first-order chi connectivity index (χ1) is 8.64. The average Bonchev–Trinajstić information content (AvgIpc) is 2.73. The minimum absolute atomic E-state index is 0.704. The van der Waals surface area contributed by atoms with E-state index in [-0.39, 0.29) is 0 Å². The van der Waals surface area contributed by atoms with Gasteiger partial charge in [-0.25, -0.2) is 0 Å². The number of hydrogen-bond acceptors (Lipinski definition) is 0. The molecule has 1 aliphatic rings. The number of hydrogen-bond donors (Lipinski definition) is 0. The van der Waals surface area contributed by atoms with Crippen LogP contribution in [-0.2, 0) is 0 Å². The Bertz CT molecular complexity index is 464. The van der Waals surface area contributed by atoms with Crippen molar-refractivity contribution in [1.82, 2.24) is 0 Å². The Morgan fingerprint density at radius 3 is 2.06 bits per heavy atom. The maximum Gasteiger partial charge on any atom is 0.0969 e. The summed E-state index contributed by atoms with van der Waals surface area (Å²) in [6.07, 6.45) is 4.89. The van der Waals surface area contributed by atoms with Gasteiger partial charge in [-0.05, 0) is 19.4 Å². The van der Waals surface area contributed by atoms with Crippen molar-refractivity contribution in [3.63, 3.8) is 0 Å². The summed E-state index contributed by atoms with van der Waals surface area (Å²) in [6.45, 7) is 9.32. The highest BCUT2D eigenvalue weighted by Crippen LogP contribution is 2.41. The van der Waals surface area contributed by atoms with Gasteiger partial charge in [0.15, 0.2) is 0 Å². The fourth-order valence-corrected chi connectivity index (χ4v) is 8.48. The van der Waals surface area contributed by atoms with E-state index < -0.39 is 8.07 Å². The number of rotatable bonds is 4. The molecule has 2 rings (SSSR count). The number of allylic oxidation sites excluding steroid dienone is 4. The SMILES string of the molecule is CC[Si](CC)(c1ccccc1)C1C=C(C)C=C1C. The summed E-state index contributed by atoms with van der Waals surface area (Å²) in [5, 5.41) is 1.62. The molecule has 0 saturated heterocycles. The molecule has 96 valence electrons. The summed E-state index contributed by atoms with van der Waals surface area (Å²) in [5.74, 6) is 0. The summed E-state index contributed by atoms with van der Waals surface area (Å²) in [4.78, 5) is 0. The summed E-state index contributed by atoms with van der Waals surface area (Å²) < 4.78 is 0. The van der Waals surface area contributed by atoms with Gasteiger partial charge >= 0.3 is 0 Å². The molecule has 1 atom stereocenters. The molecule has 0 amide bonds. The van der Waals surface area contributed by atoms with E-state index in [2.05, 4.69) is 70.2 Å². The van der Waals surface area contributed by atoms with Gasteiger partial charge in [0.2, 0.25) is 0 Å². The molecule has 0 bridgehead atoms. The second kappa shape index (κ2) is 5.27. The van der Waals surface area contributed by atoms with E-state index >= 15 is 0 Å². The van der Waals surface area contributed by atoms with Crippen LogP contribution in [0.5, 0.6) is 0 Å². The Hall–Kier alpha value is -1.08. The van der Waals surface area contributed by atoms with Crippen molar-refractivity contribution in [1.29, 1.82) is 0 Å². The van der Waals surface area contributed by atoms with Gasteiger partial charge in [-0.2, -0.15) is 0 Å². The van der Waals surface area contributed by atoms with Crippen LogP contribution in [0.1, 0.15) is 27.7 Å². The quantitative estimate of drug-likeness (QED) is 0.687. The van der Waals surface area contributed by atoms with E-state index in [1.807, 2.05) is 0 Å². The number of benzene rings is 1. The lowest BCUT2D eigenvalue weighted by atomic mass is 10.3. The van der Waals surface area contributed by atoms with Crippen LogP contribution < -0.4 is 5.19 Å². The first kappa shape index (κ1) is 13.4. The first-order valence-corrected chi connectivity index (χ1v) is 9.55. The monoisotopic (exact) mass is 256 g/mol. The summed E-state index contributed by atoms with van der Waals surface area (Å²) >= 11 is 0. The molecule has 0 N–H and O–H groups in total. The van der Waals surface area contributed by atoms with Crippen LogP contribution in [0.2, 0.25) is 17.6 Å². The molecular weight excluding hydrogens is 232 g/mol.